The van der Waals surface area contributed by atoms with E-state index in [0.29, 0.717) is 12.5 Å². The van der Waals surface area contributed by atoms with Crippen LogP contribution < -0.4 is 10.0 Å². The third-order valence-corrected chi connectivity index (χ3v) is 5.14. The minimum atomic E-state index is -3.55. The Morgan fingerprint density at radius 3 is 2.75 bits per heavy atom. The summed E-state index contributed by atoms with van der Waals surface area (Å²) in [6.45, 7) is 7.03. The predicted molar refractivity (Wildman–Crippen MR) is 77.8 cm³/mol. The molecule has 1 aliphatic rings. The first-order chi connectivity index (χ1) is 9.44. The summed E-state index contributed by atoms with van der Waals surface area (Å²) >= 11 is 0. The van der Waals surface area contributed by atoms with Gasteiger partial charge in [0.15, 0.2) is 5.03 Å². The summed E-state index contributed by atoms with van der Waals surface area (Å²) in [5.41, 5.74) is 1.51. The van der Waals surface area contributed by atoms with E-state index in [1.54, 1.807) is 0 Å². The van der Waals surface area contributed by atoms with Gasteiger partial charge < -0.3 is 5.32 Å². The first-order valence-electron chi connectivity index (χ1n) is 7.21. The highest BCUT2D eigenvalue weighted by Gasteiger charge is 2.29. The highest BCUT2D eigenvalue weighted by Crippen LogP contribution is 2.33. The minimum absolute atomic E-state index is 0.0449. The highest BCUT2D eigenvalue weighted by atomic mass is 32.2. The maximum atomic E-state index is 12.4. The smallest absolute Gasteiger partial charge is 0.260 e. The minimum Gasteiger partial charge on any atom is -0.313 e. The van der Waals surface area contributed by atoms with E-state index >= 15 is 0 Å². The van der Waals surface area contributed by atoms with Crippen LogP contribution in [0.15, 0.2) is 5.03 Å². The summed E-state index contributed by atoms with van der Waals surface area (Å²) in [7, 11) is -3.55. The first-order valence-corrected chi connectivity index (χ1v) is 8.69. The van der Waals surface area contributed by atoms with Crippen LogP contribution >= 0.6 is 0 Å². The largest absolute Gasteiger partial charge is 0.313 e. The summed E-state index contributed by atoms with van der Waals surface area (Å²) in [5.74, 6) is 0.690. The number of aromatic amines is 1. The van der Waals surface area contributed by atoms with Crippen LogP contribution in [0.2, 0.25) is 0 Å². The van der Waals surface area contributed by atoms with Crippen molar-refractivity contribution in [2.45, 2.75) is 57.6 Å². The molecule has 0 radical (unpaired) electrons. The standard InChI is InChI=1S/C13H24N4O2S/c1-4-14-8-12-10(3)15-16-13(12)20(18,19)17-9(2)7-11-5-6-11/h9,11,14,17H,4-8H2,1-3H3,(H,15,16). The number of hydrogen-bond acceptors (Lipinski definition) is 4. The van der Waals surface area contributed by atoms with E-state index in [9.17, 15) is 8.42 Å². The van der Waals surface area contributed by atoms with Gasteiger partial charge in [0.1, 0.15) is 0 Å². The quantitative estimate of drug-likeness (QED) is 0.675. The molecule has 1 fully saturated rings. The van der Waals surface area contributed by atoms with Crippen molar-refractivity contribution in [2.24, 2.45) is 5.92 Å². The molecular formula is C13H24N4O2S. The van der Waals surface area contributed by atoms with E-state index in [1.165, 1.54) is 12.8 Å². The Bertz CT molecular complexity index is 549. The molecule has 0 aromatic carbocycles. The molecule has 3 N–H and O–H groups in total. The van der Waals surface area contributed by atoms with E-state index in [1.807, 2.05) is 20.8 Å². The van der Waals surface area contributed by atoms with Crippen molar-refractivity contribution >= 4 is 10.0 Å². The van der Waals surface area contributed by atoms with Gasteiger partial charge in [0.05, 0.1) is 0 Å². The average Bonchev–Trinajstić information content (AvgIpc) is 3.07. The van der Waals surface area contributed by atoms with Crippen molar-refractivity contribution in [3.63, 3.8) is 0 Å². The zero-order valence-electron chi connectivity index (χ0n) is 12.4. The summed E-state index contributed by atoms with van der Waals surface area (Å²) in [6, 6.07) is -0.0449. The van der Waals surface area contributed by atoms with E-state index in [-0.39, 0.29) is 11.1 Å². The van der Waals surface area contributed by atoms with Crippen LogP contribution in [0.25, 0.3) is 0 Å². The monoisotopic (exact) mass is 300 g/mol. The zero-order valence-corrected chi connectivity index (χ0v) is 13.2. The van der Waals surface area contributed by atoms with Crippen LogP contribution in [0.3, 0.4) is 0 Å². The predicted octanol–water partition coefficient (Wildman–Crippen LogP) is 1.29. The van der Waals surface area contributed by atoms with E-state index in [2.05, 4.69) is 20.2 Å². The van der Waals surface area contributed by atoms with Gasteiger partial charge in [0, 0.05) is 23.8 Å². The maximum Gasteiger partial charge on any atom is 0.260 e. The summed E-state index contributed by atoms with van der Waals surface area (Å²) < 4.78 is 27.6. The van der Waals surface area contributed by atoms with Gasteiger partial charge in [-0.3, -0.25) is 5.10 Å². The average molecular weight is 300 g/mol. The Balaban J connectivity index is 2.11. The molecule has 1 saturated carbocycles. The molecule has 1 unspecified atom stereocenters. The molecule has 7 heteroatoms. The van der Waals surface area contributed by atoms with Gasteiger partial charge in [0.2, 0.25) is 0 Å². The van der Waals surface area contributed by atoms with Gasteiger partial charge in [-0.25, -0.2) is 13.1 Å². The van der Waals surface area contributed by atoms with E-state index in [4.69, 9.17) is 0 Å². The van der Waals surface area contributed by atoms with Crippen LogP contribution in [0, 0.1) is 12.8 Å². The molecule has 1 aromatic heterocycles. The first kappa shape index (κ1) is 15.5. The number of aryl methyl sites for hydroxylation is 1. The maximum absolute atomic E-state index is 12.4. The van der Waals surface area contributed by atoms with Gasteiger partial charge in [-0.15, -0.1) is 0 Å². The zero-order chi connectivity index (χ0) is 14.8. The number of aromatic nitrogens is 2. The summed E-state index contributed by atoms with van der Waals surface area (Å²) in [6.07, 6.45) is 3.35. The van der Waals surface area contributed by atoms with Crippen molar-refractivity contribution in [1.29, 1.82) is 0 Å². The fraction of sp³-hybridized carbons (Fsp3) is 0.769. The molecule has 2 rings (SSSR count). The Labute approximate surface area is 120 Å². The molecule has 1 atom stereocenters. The lowest BCUT2D eigenvalue weighted by molar-refractivity contribution is 0.526. The molecule has 0 aliphatic heterocycles. The van der Waals surface area contributed by atoms with Crippen molar-refractivity contribution in [2.75, 3.05) is 6.54 Å². The van der Waals surface area contributed by atoms with E-state index < -0.39 is 10.0 Å². The third kappa shape index (κ3) is 3.80. The van der Waals surface area contributed by atoms with Crippen molar-refractivity contribution in [3.05, 3.63) is 11.3 Å². The molecule has 0 bridgehead atoms. The van der Waals surface area contributed by atoms with Crippen LogP contribution in [0.1, 0.15) is 44.4 Å². The number of rotatable bonds is 8. The van der Waals surface area contributed by atoms with Crippen molar-refractivity contribution in [1.82, 2.24) is 20.2 Å². The second kappa shape index (κ2) is 6.24. The van der Waals surface area contributed by atoms with Crippen LogP contribution in [-0.2, 0) is 16.6 Å². The number of H-pyrrole nitrogens is 1. The third-order valence-electron chi connectivity index (χ3n) is 3.58. The summed E-state index contributed by atoms with van der Waals surface area (Å²) in [5, 5.41) is 10.0. The summed E-state index contributed by atoms with van der Waals surface area (Å²) in [4.78, 5) is 0. The highest BCUT2D eigenvalue weighted by molar-refractivity contribution is 7.89. The Morgan fingerprint density at radius 1 is 1.45 bits per heavy atom. The van der Waals surface area contributed by atoms with Crippen molar-refractivity contribution in [3.8, 4) is 0 Å². The van der Waals surface area contributed by atoms with Gasteiger partial charge in [-0.2, -0.15) is 5.10 Å². The van der Waals surface area contributed by atoms with E-state index in [0.717, 1.165) is 24.2 Å². The Hall–Kier alpha value is -0.920. The molecule has 1 heterocycles. The van der Waals surface area contributed by atoms with Gasteiger partial charge >= 0.3 is 0 Å². The fourth-order valence-electron chi connectivity index (χ4n) is 2.33. The second-order valence-corrected chi connectivity index (χ2v) is 7.24. The van der Waals surface area contributed by atoms with Gasteiger partial charge in [0.25, 0.3) is 10.0 Å². The molecule has 0 saturated heterocycles. The lowest BCUT2D eigenvalue weighted by atomic mass is 10.2. The number of sulfonamides is 1. The fourth-order valence-corrected chi connectivity index (χ4v) is 3.79. The Kier molecular flexibility index (Phi) is 4.82. The van der Waals surface area contributed by atoms with Crippen LogP contribution in [0.4, 0.5) is 0 Å². The molecule has 0 spiro atoms. The lowest BCUT2D eigenvalue weighted by Crippen LogP contribution is -2.34. The molecule has 114 valence electrons. The SMILES string of the molecule is CCNCc1c(S(=O)(=O)NC(C)CC2CC2)n[nH]c1C. The Morgan fingerprint density at radius 2 is 2.15 bits per heavy atom. The van der Waals surface area contributed by atoms with Gasteiger partial charge in [-0.1, -0.05) is 19.8 Å². The normalized spacial score (nSPS) is 17.4. The van der Waals surface area contributed by atoms with Crippen molar-refractivity contribution < 1.29 is 8.42 Å². The lowest BCUT2D eigenvalue weighted by Gasteiger charge is -2.13. The van der Waals surface area contributed by atoms with Crippen LogP contribution in [0.5, 0.6) is 0 Å². The van der Waals surface area contributed by atoms with Gasteiger partial charge in [-0.05, 0) is 32.7 Å². The molecule has 6 nitrogen and oxygen atoms in total. The molecule has 1 aliphatic carbocycles. The number of hydrogen-bond donors (Lipinski definition) is 3. The topological polar surface area (TPSA) is 86.9 Å². The molecular weight excluding hydrogens is 276 g/mol. The second-order valence-electron chi connectivity index (χ2n) is 5.61. The number of nitrogens with one attached hydrogen (secondary N) is 3. The molecule has 1 aromatic rings. The number of nitrogens with zero attached hydrogens (tertiary/aromatic N) is 1. The molecule has 20 heavy (non-hydrogen) atoms. The van der Waals surface area contributed by atoms with Crippen LogP contribution in [-0.4, -0.2) is 31.2 Å². The molecule has 0 amide bonds.